The van der Waals surface area contributed by atoms with Gasteiger partial charge in [0.2, 0.25) is 0 Å². The lowest BCUT2D eigenvalue weighted by Gasteiger charge is -2.40. The van der Waals surface area contributed by atoms with Crippen LogP contribution in [0.5, 0.6) is 23.0 Å². The molecule has 12 aromatic carbocycles. The normalized spacial score (nSPS) is 13.3. The fraction of sp³-hybridized carbons (Fsp3) is 0.0222. The van der Waals surface area contributed by atoms with Crippen LogP contribution in [0.4, 0.5) is 0 Å². The molecule has 20 rings (SSSR count). The summed E-state index contributed by atoms with van der Waals surface area (Å²) in [6.45, 7) is 0. The number of ether oxygens (including phenoxy) is 2. The van der Waals surface area contributed by atoms with Crippen LogP contribution in [0.3, 0.4) is 0 Å². The summed E-state index contributed by atoms with van der Waals surface area (Å²) in [6.07, 6.45) is 3.71. The molecule has 0 fully saturated rings. The maximum atomic E-state index is 7.11. The molecule has 0 bridgehead atoms. The molecule has 16 aromatic rings. The molecular weight excluding hydrogens is 1230 g/mol. The van der Waals surface area contributed by atoms with Gasteiger partial charge in [-0.3, -0.25) is 9.97 Å². The molecule has 0 saturated heterocycles. The Balaban J connectivity index is 0.696. The van der Waals surface area contributed by atoms with E-state index in [-0.39, 0.29) is 0 Å². The zero-order valence-electron chi connectivity index (χ0n) is 53.6. The number of hydrogen-bond donors (Lipinski definition) is 0. The lowest BCUT2D eigenvalue weighted by molar-refractivity contribution is 0.436. The van der Waals surface area contributed by atoms with Crippen LogP contribution in [-0.4, -0.2) is 39.9 Å². The molecule has 10 heteroatoms. The molecule has 0 amide bonds. The number of nitrogens with zero attached hydrogens (tertiary/aromatic N) is 8. The van der Waals surface area contributed by atoms with Crippen molar-refractivity contribution in [1.29, 1.82) is 0 Å². The second kappa shape index (κ2) is 22.6. The third-order valence-electron chi connectivity index (χ3n) is 20.2. The van der Waals surface area contributed by atoms with Crippen molar-refractivity contribution in [2.24, 2.45) is 0 Å². The lowest BCUT2D eigenvalue weighted by Crippen LogP contribution is -2.32. The largest absolute Gasteiger partial charge is 0.457 e. The molecule has 100 heavy (non-hydrogen) atoms. The van der Waals surface area contributed by atoms with Crippen LogP contribution >= 0.6 is 0 Å². The van der Waals surface area contributed by atoms with Gasteiger partial charge in [-0.05, 0) is 141 Å². The molecule has 0 saturated carbocycles. The van der Waals surface area contributed by atoms with E-state index in [1.54, 1.807) is 0 Å². The number of para-hydroxylation sites is 1. The van der Waals surface area contributed by atoms with Crippen LogP contribution in [0.1, 0.15) is 44.5 Å². The monoisotopic (exact) mass is 1280 g/mol. The lowest BCUT2D eigenvalue weighted by atomic mass is 9.65. The molecule has 2 aliphatic heterocycles. The van der Waals surface area contributed by atoms with Gasteiger partial charge in [0, 0.05) is 79.2 Å². The maximum absolute atomic E-state index is 7.11. The van der Waals surface area contributed by atoms with Crippen molar-refractivity contribution in [3.8, 4) is 147 Å². The van der Waals surface area contributed by atoms with Gasteiger partial charge < -0.3 is 9.47 Å². The number of aromatic nitrogens is 8. The minimum atomic E-state index is -0.788. The van der Waals surface area contributed by atoms with Crippen LogP contribution in [0, 0.1) is 0 Å². The Hall–Kier alpha value is -13.4. The molecule has 0 N–H and O–H groups in total. The topological polar surface area (TPSA) is 122 Å². The zero-order chi connectivity index (χ0) is 65.9. The highest BCUT2D eigenvalue weighted by Crippen LogP contribution is 2.65. The molecule has 0 radical (unpaired) electrons. The minimum Gasteiger partial charge on any atom is -0.457 e. The molecule has 0 unspecified atom stereocenters. The quantitative estimate of drug-likeness (QED) is 0.138. The summed E-state index contributed by atoms with van der Waals surface area (Å²) in [5.74, 6) is 6.48. The van der Waals surface area contributed by atoms with Crippen LogP contribution in [0.25, 0.3) is 124 Å². The fourth-order valence-electron chi connectivity index (χ4n) is 15.9. The number of pyridine rings is 2. The van der Waals surface area contributed by atoms with Crippen molar-refractivity contribution in [3.05, 3.63) is 372 Å². The Morgan fingerprint density at radius 2 is 0.570 bits per heavy atom. The van der Waals surface area contributed by atoms with Gasteiger partial charge >= 0.3 is 0 Å². The highest BCUT2D eigenvalue weighted by Gasteiger charge is 2.53. The molecule has 2 spiro atoms. The Labute approximate surface area is 576 Å². The van der Waals surface area contributed by atoms with E-state index >= 15 is 0 Å². The molecule has 466 valence electrons. The van der Waals surface area contributed by atoms with Gasteiger partial charge in [0.1, 0.15) is 23.0 Å². The van der Waals surface area contributed by atoms with Crippen molar-refractivity contribution in [2.45, 2.75) is 10.8 Å². The van der Waals surface area contributed by atoms with Crippen LogP contribution < -0.4 is 9.47 Å². The molecule has 4 aromatic heterocycles. The standard InChI is InChI=1S/C90H54N8O2/c1-4-22-55(23-5-1)83-93-84(56-24-6-2-7-25-56)96-87(95-83)63-41-45-77(92-54-63)60-43-47-80-75(52-60)90(71-37-16-12-32-66(71)67-33-13-17-38-72(67)90)74-51-59(42-46-79(74)100-80)58-28-20-29-62(50-58)86-94-85(57-26-8-3-9-27-57)97-88(98-86)68-34-21-49-91-82(68)61-44-48-81-76(53-61)89(73-39-18-19-40-78(73)99-81)69-35-14-10-30-64(69)65-31-11-15-36-70(65)89/h1-54H. The van der Waals surface area contributed by atoms with Crippen LogP contribution in [0.2, 0.25) is 0 Å². The fourth-order valence-corrected chi connectivity index (χ4v) is 15.9. The van der Waals surface area contributed by atoms with E-state index in [0.717, 1.165) is 112 Å². The van der Waals surface area contributed by atoms with E-state index in [4.69, 9.17) is 49.3 Å². The average Bonchev–Trinajstić information content (AvgIpc) is 1.52. The van der Waals surface area contributed by atoms with Gasteiger partial charge in [-0.25, -0.2) is 29.9 Å². The summed E-state index contributed by atoms with van der Waals surface area (Å²) in [7, 11) is 0. The number of benzene rings is 12. The van der Waals surface area contributed by atoms with Gasteiger partial charge in [-0.15, -0.1) is 0 Å². The Kier molecular flexibility index (Phi) is 12.8. The van der Waals surface area contributed by atoms with E-state index in [2.05, 4.69) is 206 Å². The van der Waals surface area contributed by atoms with Crippen LogP contribution in [-0.2, 0) is 10.8 Å². The van der Waals surface area contributed by atoms with Crippen molar-refractivity contribution in [1.82, 2.24) is 39.9 Å². The summed E-state index contributed by atoms with van der Waals surface area (Å²) >= 11 is 0. The van der Waals surface area contributed by atoms with Gasteiger partial charge in [-0.2, -0.15) is 0 Å². The van der Waals surface area contributed by atoms with E-state index in [1.165, 1.54) is 44.5 Å². The van der Waals surface area contributed by atoms with E-state index in [1.807, 2.05) is 122 Å². The summed E-state index contributed by atoms with van der Waals surface area (Å²) in [5, 5.41) is 0. The predicted molar refractivity (Wildman–Crippen MR) is 392 cm³/mol. The molecule has 6 heterocycles. The Morgan fingerprint density at radius 3 is 1.09 bits per heavy atom. The summed E-state index contributed by atoms with van der Waals surface area (Å²) < 4.78 is 14.0. The van der Waals surface area contributed by atoms with E-state index in [0.29, 0.717) is 34.9 Å². The predicted octanol–water partition coefficient (Wildman–Crippen LogP) is 20.8. The second-order valence-electron chi connectivity index (χ2n) is 25.6. The van der Waals surface area contributed by atoms with E-state index < -0.39 is 10.8 Å². The average molecular weight is 1280 g/mol. The summed E-state index contributed by atoms with van der Waals surface area (Å²) in [6, 6.07) is 110. The molecular formula is C90H54N8O2. The number of hydrogen-bond acceptors (Lipinski definition) is 10. The number of fused-ring (bicyclic) bond motifs is 18. The van der Waals surface area contributed by atoms with Crippen LogP contribution in [0.15, 0.2) is 328 Å². The van der Waals surface area contributed by atoms with Gasteiger partial charge in [0.05, 0.1) is 22.2 Å². The minimum absolute atomic E-state index is 0.496. The molecule has 2 aliphatic carbocycles. The van der Waals surface area contributed by atoms with E-state index in [9.17, 15) is 0 Å². The molecule has 10 nitrogen and oxygen atoms in total. The highest BCUT2D eigenvalue weighted by atomic mass is 16.5. The molecule has 0 atom stereocenters. The van der Waals surface area contributed by atoms with Crippen molar-refractivity contribution in [3.63, 3.8) is 0 Å². The summed E-state index contributed by atoms with van der Waals surface area (Å²) in [4.78, 5) is 41.3. The first-order valence-electron chi connectivity index (χ1n) is 33.5. The third-order valence-corrected chi connectivity index (χ3v) is 20.2. The van der Waals surface area contributed by atoms with Crippen molar-refractivity contribution >= 4 is 0 Å². The Bertz CT molecular complexity index is 5850. The number of rotatable bonds is 9. The van der Waals surface area contributed by atoms with Crippen molar-refractivity contribution in [2.75, 3.05) is 0 Å². The first-order valence-corrected chi connectivity index (χ1v) is 33.5. The highest BCUT2D eigenvalue weighted by molar-refractivity contribution is 5.92. The molecule has 4 aliphatic rings. The second-order valence-corrected chi connectivity index (χ2v) is 25.6. The zero-order valence-corrected chi connectivity index (χ0v) is 53.6. The first-order chi connectivity index (χ1) is 49.5. The van der Waals surface area contributed by atoms with Gasteiger partial charge in [-0.1, -0.05) is 231 Å². The van der Waals surface area contributed by atoms with Crippen molar-refractivity contribution < 1.29 is 9.47 Å². The Morgan fingerprint density at radius 1 is 0.210 bits per heavy atom. The summed E-state index contributed by atoms with van der Waals surface area (Å²) in [5.41, 5.74) is 22.7. The van der Waals surface area contributed by atoms with Gasteiger partial charge in [0.15, 0.2) is 34.9 Å². The maximum Gasteiger partial charge on any atom is 0.166 e. The van der Waals surface area contributed by atoms with Gasteiger partial charge in [0.25, 0.3) is 0 Å². The third kappa shape index (κ3) is 8.76. The first kappa shape index (κ1) is 56.9. The SMILES string of the molecule is c1ccc(-c2nc(-c3ccccc3)nc(-c3ccc(-c4ccc5c(c4)C4(c6cc(-c7cccc(-c8nc(-c9ccccc9)nc(-c9cccnc9-c9ccc%10c(c9)C9(c%11ccccc%11O%10)c%10ccccc%10-c%10ccccc%109)n8)c7)ccc6O5)c5ccccc5-c5ccccc54)nc3)n2)cc1. The smallest absolute Gasteiger partial charge is 0.166 e.